The van der Waals surface area contributed by atoms with Crippen LogP contribution in [0.3, 0.4) is 0 Å². The number of alkyl carbamates (subject to hydrolysis) is 1. The minimum Gasteiger partial charge on any atom is -0.496 e. The van der Waals surface area contributed by atoms with Gasteiger partial charge >= 0.3 is 6.09 Å². The van der Waals surface area contributed by atoms with Crippen molar-refractivity contribution in [3.8, 4) is 5.75 Å². The molecule has 20 heavy (non-hydrogen) atoms. The Balaban J connectivity index is 2.56. The molecule has 1 aromatic rings. The molecule has 1 N–H and O–H groups in total. The maximum Gasteiger partial charge on any atom is 0.407 e. The summed E-state index contributed by atoms with van der Waals surface area (Å²) in [6.45, 7) is 5.80. The number of benzene rings is 1. The zero-order valence-electron chi connectivity index (χ0n) is 12.2. The molecule has 0 aliphatic carbocycles. The van der Waals surface area contributed by atoms with Gasteiger partial charge in [-0.05, 0) is 32.9 Å². The van der Waals surface area contributed by atoms with E-state index in [1.54, 1.807) is 25.3 Å². The Morgan fingerprint density at radius 3 is 2.70 bits per heavy atom. The SMILES string of the molecule is COc1cccc(Cl)c1C=CCNC(=O)OC(C)(C)C. The second-order valence-electron chi connectivity index (χ2n) is 5.14. The van der Waals surface area contributed by atoms with Gasteiger partial charge in [-0.2, -0.15) is 0 Å². The molecule has 4 nitrogen and oxygen atoms in total. The van der Waals surface area contributed by atoms with E-state index in [4.69, 9.17) is 21.1 Å². The van der Waals surface area contributed by atoms with Crippen LogP contribution in [0.1, 0.15) is 26.3 Å². The lowest BCUT2D eigenvalue weighted by Gasteiger charge is -2.19. The zero-order valence-corrected chi connectivity index (χ0v) is 13.0. The normalized spacial score (nSPS) is 11.4. The maximum absolute atomic E-state index is 11.4. The summed E-state index contributed by atoms with van der Waals surface area (Å²) < 4.78 is 10.3. The van der Waals surface area contributed by atoms with Gasteiger partial charge in [0.25, 0.3) is 0 Å². The Labute approximate surface area is 124 Å². The van der Waals surface area contributed by atoms with Crippen LogP contribution in [0.4, 0.5) is 4.79 Å². The molecular formula is C15H20ClNO3. The first-order valence-electron chi connectivity index (χ1n) is 6.29. The first-order chi connectivity index (χ1) is 9.33. The fourth-order valence-corrected chi connectivity index (χ4v) is 1.72. The van der Waals surface area contributed by atoms with E-state index in [1.165, 1.54) is 0 Å². The molecule has 0 heterocycles. The molecule has 0 aromatic heterocycles. The van der Waals surface area contributed by atoms with Gasteiger partial charge in [-0.1, -0.05) is 29.8 Å². The molecule has 0 radical (unpaired) electrons. The summed E-state index contributed by atoms with van der Waals surface area (Å²) >= 11 is 6.09. The van der Waals surface area contributed by atoms with Crippen molar-refractivity contribution in [3.63, 3.8) is 0 Å². The Kier molecular flexibility index (Phi) is 5.89. The van der Waals surface area contributed by atoms with E-state index in [-0.39, 0.29) is 0 Å². The molecule has 0 atom stereocenters. The van der Waals surface area contributed by atoms with E-state index in [9.17, 15) is 4.79 Å². The van der Waals surface area contributed by atoms with Crippen LogP contribution < -0.4 is 10.1 Å². The molecule has 0 spiro atoms. The summed E-state index contributed by atoms with van der Waals surface area (Å²) in [6.07, 6.45) is 3.14. The van der Waals surface area contributed by atoms with Gasteiger partial charge in [0.1, 0.15) is 11.4 Å². The van der Waals surface area contributed by atoms with Gasteiger partial charge < -0.3 is 14.8 Å². The molecule has 1 rings (SSSR count). The minimum atomic E-state index is -0.500. The fraction of sp³-hybridized carbons (Fsp3) is 0.400. The van der Waals surface area contributed by atoms with Crippen LogP contribution in [0.15, 0.2) is 24.3 Å². The third kappa shape index (κ3) is 5.53. The smallest absolute Gasteiger partial charge is 0.407 e. The number of carbonyl (C=O) groups is 1. The van der Waals surface area contributed by atoms with E-state index in [1.807, 2.05) is 32.9 Å². The van der Waals surface area contributed by atoms with Gasteiger partial charge in [-0.3, -0.25) is 0 Å². The van der Waals surface area contributed by atoms with Crippen molar-refractivity contribution in [1.82, 2.24) is 5.32 Å². The van der Waals surface area contributed by atoms with Crippen LogP contribution in [0, 0.1) is 0 Å². The Morgan fingerprint density at radius 2 is 2.10 bits per heavy atom. The lowest BCUT2D eigenvalue weighted by Crippen LogP contribution is -2.32. The summed E-state index contributed by atoms with van der Waals surface area (Å²) in [5.41, 5.74) is 0.280. The van der Waals surface area contributed by atoms with Gasteiger partial charge in [-0.25, -0.2) is 4.79 Å². The largest absolute Gasteiger partial charge is 0.496 e. The van der Waals surface area contributed by atoms with Crippen molar-refractivity contribution in [3.05, 3.63) is 34.9 Å². The third-order valence-electron chi connectivity index (χ3n) is 2.28. The second kappa shape index (κ2) is 7.20. The van der Waals surface area contributed by atoms with Gasteiger partial charge in [0, 0.05) is 12.1 Å². The highest BCUT2D eigenvalue weighted by Gasteiger charge is 2.15. The molecule has 1 aromatic carbocycles. The van der Waals surface area contributed by atoms with Gasteiger partial charge in [-0.15, -0.1) is 0 Å². The van der Waals surface area contributed by atoms with Crippen LogP contribution in [-0.4, -0.2) is 25.3 Å². The van der Waals surface area contributed by atoms with E-state index in [0.29, 0.717) is 17.3 Å². The number of methoxy groups -OCH3 is 1. The highest BCUT2D eigenvalue weighted by molar-refractivity contribution is 6.32. The van der Waals surface area contributed by atoms with Gasteiger partial charge in [0.15, 0.2) is 0 Å². The first kappa shape index (κ1) is 16.4. The number of nitrogens with one attached hydrogen (secondary N) is 1. The number of halogens is 1. The van der Waals surface area contributed by atoms with Crippen molar-refractivity contribution in [1.29, 1.82) is 0 Å². The Morgan fingerprint density at radius 1 is 1.40 bits per heavy atom. The molecule has 1 amide bonds. The Bertz CT molecular complexity index is 492. The molecular weight excluding hydrogens is 278 g/mol. The van der Waals surface area contributed by atoms with Crippen molar-refractivity contribution in [2.45, 2.75) is 26.4 Å². The molecule has 0 saturated carbocycles. The van der Waals surface area contributed by atoms with Crippen LogP contribution in [-0.2, 0) is 4.74 Å². The maximum atomic E-state index is 11.4. The minimum absolute atomic E-state index is 0.350. The van der Waals surface area contributed by atoms with E-state index in [2.05, 4.69) is 5.32 Å². The second-order valence-corrected chi connectivity index (χ2v) is 5.55. The molecule has 5 heteroatoms. The molecule has 110 valence electrons. The molecule has 0 unspecified atom stereocenters. The van der Waals surface area contributed by atoms with Crippen molar-refractivity contribution >= 4 is 23.8 Å². The third-order valence-corrected chi connectivity index (χ3v) is 2.61. The summed E-state index contributed by atoms with van der Waals surface area (Å²) in [6, 6.07) is 5.43. The van der Waals surface area contributed by atoms with Gasteiger partial charge in [0.2, 0.25) is 0 Å². The molecule has 0 saturated heterocycles. The van der Waals surface area contributed by atoms with Crippen molar-refractivity contribution in [2.24, 2.45) is 0 Å². The zero-order chi connectivity index (χ0) is 15.2. The van der Waals surface area contributed by atoms with Gasteiger partial charge in [0.05, 0.1) is 12.1 Å². The quantitative estimate of drug-likeness (QED) is 0.917. The number of hydrogen-bond acceptors (Lipinski definition) is 3. The molecule has 0 aliphatic heterocycles. The molecule has 0 fully saturated rings. The number of ether oxygens (including phenoxy) is 2. The van der Waals surface area contributed by atoms with E-state index >= 15 is 0 Å². The Hall–Kier alpha value is -1.68. The lowest BCUT2D eigenvalue weighted by molar-refractivity contribution is 0.0534. The summed E-state index contributed by atoms with van der Waals surface area (Å²) in [4.78, 5) is 11.4. The number of hydrogen-bond donors (Lipinski definition) is 1. The monoisotopic (exact) mass is 297 g/mol. The average Bonchev–Trinajstić information content (AvgIpc) is 2.33. The number of carbonyl (C=O) groups excluding carboxylic acids is 1. The highest BCUT2D eigenvalue weighted by atomic mass is 35.5. The number of rotatable bonds is 4. The van der Waals surface area contributed by atoms with Crippen molar-refractivity contribution < 1.29 is 14.3 Å². The number of amides is 1. The predicted molar refractivity (Wildman–Crippen MR) is 81.3 cm³/mol. The van der Waals surface area contributed by atoms with Crippen molar-refractivity contribution in [2.75, 3.05) is 13.7 Å². The predicted octanol–water partition coefficient (Wildman–Crippen LogP) is 3.89. The van der Waals surface area contributed by atoms with Crippen LogP contribution in [0.5, 0.6) is 5.75 Å². The summed E-state index contributed by atoms with van der Waals surface area (Å²) in [7, 11) is 1.59. The van der Waals surface area contributed by atoms with Crippen LogP contribution in [0.2, 0.25) is 5.02 Å². The average molecular weight is 298 g/mol. The molecule has 0 bridgehead atoms. The fourth-order valence-electron chi connectivity index (χ4n) is 1.49. The lowest BCUT2D eigenvalue weighted by atomic mass is 10.2. The topological polar surface area (TPSA) is 47.6 Å². The molecule has 0 aliphatic rings. The standard InChI is InChI=1S/C15H20ClNO3/c1-15(2,3)20-14(18)17-10-6-7-11-12(16)8-5-9-13(11)19-4/h5-9H,10H2,1-4H3,(H,17,18). The summed E-state index contributed by atoms with van der Waals surface area (Å²) in [5, 5.41) is 3.23. The summed E-state index contributed by atoms with van der Waals surface area (Å²) in [5.74, 6) is 0.686. The van der Waals surface area contributed by atoms with Crippen LogP contribution in [0.25, 0.3) is 6.08 Å². The van der Waals surface area contributed by atoms with E-state index in [0.717, 1.165) is 5.56 Å². The highest BCUT2D eigenvalue weighted by Crippen LogP contribution is 2.27. The first-order valence-corrected chi connectivity index (χ1v) is 6.67. The van der Waals surface area contributed by atoms with Crippen LogP contribution >= 0.6 is 11.6 Å². The van der Waals surface area contributed by atoms with E-state index < -0.39 is 11.7 Å².